The summed E-state index contributed by atoms with van der Waals surface area (Å²) in [6, 6.07) is 4.97. The van der Waals surface area contributed by atoms with Gasteiger partial charge in [-0.3, -0.25) is 0 Å². The van der Waals surface area contributed by atoms with Gasteiger partial charge in [0.2, 0.25) is 0 Å². The van der Waals surface area contributed by atoms with Gasteiger partial charge in [-0.05, 0) is 17.7 Å². The lowest BCUT2D eigenvalue weighted by molar-refractivity contribution is 0.175. The smallest absolute Gasteiger partial charge is 0.319 e. The molecule has 1 unspecified atom stereocenters. The Morgan fingerprint density at radius 3 is 2.33 bits per heavy atom. The number of rotatable bonds is 4. The van der Waals surface area contributed by atoms with Crippen LogP contribution in [0.15, 0.2) is 36.7 Å². The molecule has 0 saturated heterocycles. The SMILES string of the molecule is CC(C)(C)c1ncc(NC(=O)NCC(O)c2ccc(F)cc2)cn1. The molecule has 1 atom stereocenters. The van der Waals surface area contributed by atoms with Crippen LogP contribution in [0.5, 0.6) is 0 Å². The van der Waals surface area contributed by atoms with E-state index in [4.69, 9.17) is 0 Å². The molecule has 1 aromatic heterocycles. The molecule has 0 aliphatic heterocycles. The number of carbonyl (C=O) groups excluding carboxylic acids is 1. The number of nitrogens with zero attached hydrogens (tertiary/aromatic N) is 2. The molecule has 0 aliphatic rings. The monoisotopic (exact) mass is 332 g/mol. The maximum Gasteiger partial charge on any atom is 0.319 e. The highest BCUT2D eigenvalue weighted by molar-refractivity contribution is 5.88. The Bertz CT molecular complexity index is 681. The molecule has 0 aliphatic carbocycles. The van der Waals surface area contributed by atoms with Gasteiger partial charge in [0.05, 0.1) is 24.2 Å². The van der Waals surface area contributed by atoms with E-state index in [2.05, 4.69) is 20.6 Å². The number of halogens is 1. The van der Waals surface area contributed by atoms with Crippen molar-refractivity contribution in [3.05, 3.63) is 53.9 Å². The number of aliphatic hydroxyl groups is 1. The normalized spacial score (nSPS) is 12.5. The van der Waals surface area contributed by atoms with Gasteiger partial charge in [-0.2, -0.15) is 0 Å². The van der Waals surface area contributed by atoms with Crippen LogP contribution in [0, 0.1) is 5.82 Å². The average Bonchev–Trinajstić information content (AvgIpc) is 2.53. The number of aliphatic hydroxyl groups excluding tert-OH is 1. The number of urea groups is 1. The van der Waals surface area contributed by atoms with Crippen LogP contribution in [-0.2, 0) is 5.41 Å². The number of carbonyl (C=O) groups is 1. The summed E-state index contributed by atoms with van der Waals surface area (Å²) in [7, 11) is 0. The third kappa shape index (κ3) is 4.99. The molecule has 0 radical (unpaired) electrons. The third-order valence-electron chi connectivity index (χ3n) is 3.29. The molecule has 128 valence electrons. The fourth-order valence-corrected chi connectivity index (χ4v) is 1.95. The molecular formula is C17H21FN4O2. The van der Waals surface area contributed by atoms with Crippen molar-refractivity contribution in [2.24, 2.45) is 0 Å². The molecule has 0 bridgehead atoms. The second-order valence-corrected chi connectivity index (χ2v) is 6.45. The predicted molar refractivity (Wildman–Crippen MR) is 89.1 cm³/mol. The number of benzene rings is 1. The molecule has 24 heavy (non-hydrogen) atoms. The van der Waals surface area contributed by atoms with Gasteiger partial charge in [-0.1, -0.05) is 32.9 Å². The van der Waals surface area contributed by atoms with Gasteiger partial charge in [0.1, 0.15) is 11.6 Å². The Morgan fingerprint density at radius 2 is 1.79 bits per heavy atom. The molecule has 2 aromatic rings. The standard InChI is InChI=1S/C17H21FN4O2/c1-17(2,3)15-19-8-13(9-20-15)22-16(24)21-10-14(23)11-4-6-12(18)7-5-11/h4-9,14,23H,10H2,1-3H3,(H2,21,22,24). The first-order valence-corrected chi connectivity index (χ1v) is 7.56. The van der Waals surface area contributed by atoms with Crippen LogP contribution in [0.2, 0.25) is 0 Å². The number of nitrogens with one attached hydrogen (secondary N) is 2. The quantitative estimate of drug-likeness (QED) is 0.803. The van der Waals surface area contributed by atoms with Crippen LogP contribution in [-0.4, -0.2) is 27.7 Å². The largest absolute Gasteiger partial charge is 0.387 e. The van der Waals surface area contributed by atoms with Gasteiger partial charge in [0.25, 0.3) is 0 Å². The summed E-state index contributed by atoms with van der Waals surface area (Å²) >= 11 is 0. The minimum absolute atomic E-state index is 0.00159. The summed E-state index contributed by atoms with van der Waals surface area (Å²) in [5, 5.41) is 15.1. The van der Waals surface area contributed by atoms with Crippen molar-refractivity contribution >= 4 is 11.7 Å². The number of hydrogen-bond acceptors (Lipinski definition) is 4. The van der Waals surface area contributed by atoms with E-state index >= 15 is 0 Å². The van der Waals surface area contributed by atoms with Gasteiger partial charge >= 0.3 is 6.03 Å². The lowest BCUT2D eigenvalue weighted by Gasteiger charge is -2.16. The number of aromatic nitrogens is 2. The molecule has 7 heteroatoms. The summed E-state index contributed by atoms with van der Waals surface area (Å²) in [5.41, 5.74) is 0.811. The van der Waals surface area contributed by atoms with E-state index in [1.54, 1.807) is 0 Å². The van der Waals surface area contributed by atoms with Gasteiger partial charge in [-0.25, -0.2) is 19.2 Å². The van der Waals surface area contributed by atoms with Crippen molar-refractivity contribution in [3.8, 4) is 0 Å². The van der Waals surface area contributed by atoms with Crippen molar-refractivity contribution in [2.45, 2.75) is 32.3 Å². The van der Waals surface area contributed by atoms with Crippen LogP contribution >= 0.6 is 0 Å². The molecule has 0 spiro atoms. The lowest BCUT2D eigenvalue weighted by Crippen LogP contribution is -2.32. The number of hydrogen-bond donors (Lipinski definition) is 3. The molecule has 2 amide bonds. The zero-order valence-corrected chi connectivity index (χ0v) is 13.9. The van der Waals surface area contributed by atoms with E-state index < -0.39 is 12.1 Å². The molecule has 3 N–H and O–H groups in total. The first-order valence-electron chi connectivity index (χ1n) is 7.56. The summed E-state index contributed by atoms with van der Waals surface area (Å²) in [5.74, 6) is 0.301. The first-order chi connectivity index (χ1) is 11.3. The van der Waals surface area contributed by atoms with Gasteiger partial charge in [0, 0.05) is 12.0 Å². The third-order valence-corrected chi connectivity index (χ3v) is 3.29. The van der Waals surface area contributed by atoms with Crippen molar-refractivity contribution in [1.82, 2.24) is 15.3 Å². The van der Waals surface area contributed by atoms with E-state index in [1.807, 2.05) is 20.8 Å². The van der Waals surface area contributed by atoms with Gasteiger partial charge < -0.3 is 15.7 Å². The Kier molecular flexibility index (Phi) is 5.46. The molecule has 1 heterocycles. The van der Waals surface area contributed by atoms with Crippen molar-refractivity contribution in [1.29, 1.82) is 0 Å². The second kappa shape index (κ2) is 7.35. The minimum Gasteiger partial charge on any atom is -0.387 e. The Balaban J connectivity index is 1.86. The lowest BCUT2D eigenvalue weighted by atomic mass is 9.96. The van der Waals surface area contributed by atoms with Crippen LogP contribution in [0.4, 0.5) is 14.9 Å². The fourth-order valence-electron chi connectivity index (χ4n) is 1.95. The number of anilines is 1. The predicted octanol–water partition coefficient (Wildman–Crippen LogP) is 2.77. The maximum absolute atomic E-state index is 12.8. The highest BCUT2D eigenvalue weighted by Gasteiger charge is 2.17. The van der Waals surface area contributed by atoms with Crippen LogP contribution in [0.25, 0.3) is 0 Å². The topological polar surface area (TPSA) is 87.1 Å². The summed E-state index contributed by atoms with van der Waals surface area (Å²) < 4.78 is 12.8. The number of amides is 2. The summed E-state index contributed by atoms with van der Waals surface area (Å²) in [6.45, 7) is 6.00. The van der Waals surface area contributed by atoms with Gasteiger partial charge in [0.15, 0.2) is 0 Å². The molecule has 6 nitrogen and oxygen atoms in total. The average molecular weight is 332 g/mol. The van der Waals surface area contributed by atoms with Crippen LogP contribution in [0.3, 0.4) is 0 Å². The zero-order chi connectivity index (χ0) is 17.7. The van der Waals surface area contributed by atoms with Gasteiger partial charge in [-0.15, -0.1) is 0 Å². The van der Waals surface area contributed by atoms with Crippen LogP contribution < -0.4 is 10.6 Å². The molecule has 0 fully saturated rings. The molecule has 2 rings (SSSR count). The van der Waals surface area contributed by atoms with E-state index in [0.29, 0.717) is 17.1 Å². The van der Waals surface area contributed by atoms with E-state index in [-0.39, 0.29) is 17.8 Å². The zero-order valence-electron chi connectivity index (χ0n) is 13.9. The van der Waals surface area contributed by atoms with E-state index in [1.165, 1.54) is 36.7 Å². The van der Waals surface area contributed by atoms with Crippen molar-refractivity contribution in [2.75, 3.05) is 11.9 Å². The highest BCUT2D eigenvalue weighted by atomic mass is 19.1. The maximum atomic E-state index is 12.8. The Hall–Kier alpha value is -2.54. The Labute approximate surface area is 140 Å². The first kappa shape index (κ1) is 17.8. The summed E-state index contributed by atoms with van der Waals surface area (Å²) in [6.07, 6.45) is 2.14. The van der Waals surface area contributed by atoms with E-state index in [9.17, 15) is 14.3 Å². The van der Waals surface area contributed by atoms with E-state index in [0.717, 1.165) is 0 Å². The molecule has 0 saturated carbocycles. The van der Waals surface area contributed by atoms with Crippen molar-refractivity contribution < 1.29 is 14.3 Å². The fraction of sp³-hybridized carbons (Fsp3) is 0.353. The van der Waals surface area contributed by atoms with Crippen LogP contribution in [0.1, 0.15) is 38.3 Å². The second-order valence-electron chi connectivity index (χ2n) is 6.45. The molecule has 1 aromatic carbocycles. The van der Waals surface area contributed by atoms with Crippen molar-refractivity contribution in [3.63, 3.8) is 0 Å². The Morgan fingerprint density at radius 1 is 1.21 bits per heavy atom. The highest BCUT2D eigenvalue weighted by Crippen LogP contribution is 2.18. The molecular weight excluding hydrogens is 311 g/mol. The minimum atomic E-state index is -0.920. The summed E-state index contributed by atoms with van der Waals surface area (Å²) in [4.78, 5) is 20.3.